The molecular formula is C73H71F3N12O12. The van der Waals surface area contributed by atoms with Crippen LogP contribution >= 0.6 is 0 Å². The highest BCUT2D eigenvalue weighted by Gasteiger charge is 2.25. The summed E-state index contributed by atoms with van der Waals surface area (Å²) in [6.07, 6.45) is 1.66. The maximum absolute atomic E-state index is 17.7. The van der Waals surface area contributed by atoms with Crippen molar-refractivity contribution in [1.29, 1.82) is 0 Å². The van der Waals surface area contributed by atoms with Crippen molar-refractivity contribution < 1.29 is 56.7 Å². The second kappa shape index (κ2) is 36.3. The van der Waals surface area contributed by atoms with Crippen molar-refractivity contribution in [2.24, 2.45) is 0 Å². The maximum atomic E-state index is 17.7. The Morgan fingerprint density at radius 1 is 0.430 bits per heavy atom. The number of nitrogens with zero attached hydrogens (tertiary/aromatic N) is 6. The second-order valence-electron chi connectivity index (χ2n) is 23.7. The first kappa shape index (κ1) is 75.3. The molecule has 7 aromatic carbocycles. The lowest BCUT2D eigenvalue weighted by molar-refractivity contribution is -0.385. The molecule has 0 aliphatic carbocycles. The largest absolute Gasteiger partial charge is 0.356 e. The number of nitro groups is 3. The van der Waals surface area contributed by atoms with Gasteiger partial charge in [0, 0.05) is 108 Å². The average molecular weight is 1370 g/mol. The Labute approximate surface area is 574 Å². The molecule has 0 fully saturated rings. The zero-order valence-corrected chi connectivity index (χ0v) is 55.5. The van der Waals surface area contributed by atoms with Crippen molar-refractivity contribution in [2.75, 3.05) is 96.3 Å². The van der Waals surface area contributed by atoms with Crippen LogP contribution in [0.2, 0.25) is 0 Å². The first-order chi connectivity index (χ1) is 47.7. The molecule has 100 heavy (non-hydrogen) atoms. The first-order valence-electron chi connectivity index (χ1n) is 31.3. The van der Waals surface area contributed by atoms with Crippen LogP contribution in [0.4, 0.5) is 62.6 Å². The first-order valence-corrected chi connectivity index (χ1v) is 31.3. The molecule has 0 aromatic heterocycles. The third-order valence-electron chi connectivity index (χ3n) is 15.0. The van der Waals surface area contributed by atoms with Crippen LogP contribution < -0.4 is 31.9 Å². The molecule has 0 saturated heterocycles. The number of rotatable bonds is 28. The summed E-state index contributed by atoms with van der Waals surface area (Å²) in [5.74, 6) is 8.56. The van der Waals surface area contributed by atoms with Gasteiger partial charge >= 0.3 is 12.1 Å². The SMILES string of the molecule is CN(C)CCCCC(=O)c1ccc(CC(=O)Cc2ccc([N+](=O)[O-])cc2)c(C#Cc2c(F)c(C#Cc3cc(CC(=O)NCCCN(C)C)ccc3NC(=O)Nc3ccc([N+](=O)[O-])cc3)c(F)c(C#Cc3cc(C(=O)NCCCN(C)C)ccc3NC(=O)Nc3ccc([N+](=O)[O-])cc3)c2F)c1. The van der Waals surface area contributed by atoms with Crippen molar-refractivity contribution in [2.45, 2.75) is 51.4 Å². The Morgan fingerprint density at radius 2 is 0.850 bits per heavy atom. The lowest BCUT2D eigenvalue weighted by Gasteiger charge is -2.12. The number of carbonyl (C=O) groups is 6. The Balaban J connectivity index is 1.41. The minimum atomic E-state index is -1.68. The molecule has 0 atom stereocenters. The monoisotopic (exact) mass is 1360 g/mol. The van der Waals surface area contributed by atoms with Gasteiger partial charge in [0.1, 0.15) is 5.78 Å². The van der Waals surface area contributed by atoms with E-state index in [1.807, 2.05) is 57.0 Å². The van der Waals surface area contributed by atoms with Crippen LogP contribution in [0.5, 0.6) is 0 Å². The van der Waals surface area contributed by atoms with E-state index in [1.54, 1.807) is 0 Å². The summed E-state index contributed by atoms with van der Waals surface area (Å²) >= 11 is 0. The van der Waals surface area contributed by atoms with Gasteiger partial charge in [0.25, 0.3) is 23.0 Å². The highest BCUT2D eigenvalue weighted by atomic mass is 19.1. The topological polar surface area (TPSA) is 314 Å². The van der Waals surface area contributed by atoms with E-state index in [9.17, 15) is 59.1 Å². The number of nitrogens with one attached hydrogen (secondary N) is 6. The molecule has 0 bridgehead atoms. The lowest BCUT2D eigenvalue weighted by atomic mass is 9.94. The van der Waals surface area contributed by atoms with E-state index in [2.05, 4.69) is 67.4 Å². The Hall–Kier alpha value is -12.1. The number of hydrogen-bond donors (Lipinski definition) is 6. The number of ketones is 2. The molecule has 27 heteroatoms. The fourth-order valence-corrected chi connectivity index (χ4v) is 9.78. The van der Waals surface area contributed by atoms with Crippen molar-refractivity contribution in [3.8, 4) is 35.5 Å². The summed E-state index contributed by atoms with van der Waals surface area (Å²) in [7, 11) is 11.2. The predicted molar refractivity (Wildman–Crippen MR) is 373 cm³/mol. The minimum Gasteiger partial charge on any atom is -0.356 e. The van der Waals surface area contributed by atoms with Gasteiger partial charge in [-0.3, -0.25) is 49.5 Å². The van der Waals surface area contributed by atoms with E-state index in [1.165, 1.54) is 103 Å². The maximum Gasteiger partial charge on any atom is 0.323 e. The fourth-order valence-electron chi connectivity index (χ4n) is 9.78. The van der Waals surface area contributed by atoms with Gasteiger partial charge in [-0.1, -0.05) is 65.9 Å². The zero-order chi connectivity index (χ0) is 72.6. The molecule has 0 spiro atoms. The number of benzene rings is 7. The molecule has 516 valence electrons. The molecule has 0 unspecified atom stereocenters. The average Bonchev–Trinajstić information content (AvgIpc) is 0.779. The number of non-ortho nitro benzene ring substituents is 3. The van der Waals surface area contributed by atoms with Crippen molar-refractivity contribution in [3.63, 3.8) is 0 Å². The van der Waals surface area contributed by atoms with E-state index >= 15 is 13.2 Å². The molecule has 6 N–H and O–H groups in total. The number of Topliss-reactive ketones (excluding diaryl/α,β-unsaturated/α-hetero) is 2. The number of urea groups is 2. The van der Waals surface area contributed by atoms with Gasteiger partial charge in [0.2, 0.25) is 5.91 Å². The summed E-state index contributed by atoms with van der Waals surface area (Å²) < 4.78 is 52.9. The van der Waals surface area contributed by atoms with Crippen molar-refractivity contribution >= 4 is 75.3 Å². The summed E-state index contributed by atoms with van der Waals surface area (Å²) in [6, 6.07) is 25.6. The van der Waals surface area contributed by atoms with E-state index in [0.717, 1.165) is 24.3 Å². The third kappa shape index (κ3) is 22.8. The third-order valence-corrected chi connectivity index (χ3v) is 15.0. The molecule has 0 saturated carbocycles. The van der Waals surface area contributed by atoms with Crippen molar-refractivity contribution in [3.05, 3.63) is 236 Å². The van der Waals surface area contributed by atoms with Gasteiger partial charge in [-0.15, -0.1) is 0 Å². The minimum absolute atomic E-state index is 0.0141. The van der Waals surface area contributed by atoms with Crippen LogP contribution in [0.25, 0.3) is 0 Å². The molecule has 0 radical (unpaired) electrons. The van der Waals surface area contributed by atoms with Gasteiger partial charge in [-0.2, -0.15) is 0 Å². The lowest BCUT2D eigenvalue weighted by Crippen LogP contribution is -2.28. The number of halogens is 3. The van der Waals surface area contributed by atoms with E-state index < -0.39 is 78.6 Å². The quantitative estimate of drug-likeness (QED) is 0.00873. The Kier molecular flexibility index (Phi) is 27.3. The van der Waals surface area contributed by atoms with Crippen LogP contribution in [0.15, 0.2) is 127 Å². The van der Waals surface area contributed by atoms with Crippen LogP contribution in [0.3, 0.4) is 0 Å². The molecule has 24 nitrogen and oxygen atoms in total. The fraction of sp³-hybridized carbons (Fsp3) is 0.260. The van der Waals surface area contributed by atoms with E-state index in [4.69, 9.17) is 0 Å². The van der Waals surface area contributed by atoms with E-state index in [-0.39, 0.29) is 111 Å². The van der Waals surface area contributed by atoms with Gasteiger partial charge < -0.3 is 46.6 Å². The summed E-state index contributed by atoms with van der Waals surface area (Å²) in [5, 5.41) is 49.9. The Bertz CT molecular complexity index is 4260. The standard InChI is InChI=1S/C73H71F3N12O12/c1-83(2)38-8-7-11-66(90)53-16-15-50(46-60(89)42-47-12-25-57(26-13-47)86(95)96)49(44-53)17-31-61-68(74)62(32-18-51-41-48(43-67(91)77-36-9-39-84(3)4)14-34-64(51)81-72(93)79-55-21-27-58(28-22-55)87(97)98)70(76)63(69(61)75)33-19-52-45-54(71(92)78-37-10-40-85(5)6)20-35-65(52)82-73(94)80-56-23-29-59(30-24-56)88(99)100/h12-16,20-30,34-35,41,44-45H,7-11,36-40,42-43,46H2,1-6H3,(H,77,91)(H,78,92)(H2,79,81,93)(H2,80,82,94). The smallest absolute Gasteiger partial charge is 0.323 e. The van der Waals surface area contributed by atoms with Crippen LogP contribution in [0, 0.1) is 83.3 Å². The molecule has 0 heterocycles. The molecule has 0 aliphatic heterocycles. The van der Waals surface area contributed by atoms with Gasteiger partial charge in [0.15, 0.2) is 23.2 Å². The molecule has 7 rings (SSSR count). The summed E-state index contributed by atoms with van der Waals surface area (Å²) in [6.45, 7) is 2.55. The van der Waals surface area contributed by atoms with Crippen LogP contribution in [-0.2, 0) is 28.9 Å². The normalized spacial score (nSPS) is 10.7. The number of unbranched alkanes of at least 4 members (excludes halogenated alkanes) is 1. The predicted octanol–water partition coefficient (Wildman–Crippen LogP) is 10.9. The van der Waals surface area contributed by atoms with Gasteiger partial charge in [0.05, 0.1) is 49.3 Å². The molecule has 6 amide bonds. The van der Waals surface area contributed by atoms with E-state index in [0.29, 0.717) is 63.0 Å². The second-order valence-corrected chi connectivity index (χ2v) is 23.7. The molecule has 0 aliphatic rings. The van der Waals surface area contributed by atoms with Crippen LogP contribution in [-0.4, -0.2) is 140 Å². The van der Waals surface area contributed by atoms with Gasteiger partial charge in [-0.05, 0) is 165 Å². The molecule has 7 aromatic rings. The number of anilines is 4. The number of amides is 6. The summed E-state index contributed by atoms with van der Waals surface area (Å²) in [4.78, 5) is 120. The highest BCUT2D eigenvalue weighted by molar-refractivity contribution is 6.03. The zero-order valence-electron chi connectivity index (χ0n) is 55.5. The van der Waals surface area contributed by atoms with Crippen molar-refractivity contribution in [1.82, 2.24) is 25.3 Å². The Morgan fingerprint density at radius 3 is 1.34 bits per heavy atom. The number of hydrogen-bond acceptors (Lipinski definition) is 15. The number of nitro benzene ring substituents is 3. The highest BCUT2D eigenvalue weighted by Crippen LogP contribution is 2.28. The van der Waals surface area contributed by atoms with Gasteiger partial charge in [-0.25, -0.2) is 22.8 Å². The molecular weight excluding hydrogens is 1290 g/mol. The number of carbonyl (C=O) groups excluding carboxylic acids is 6. The summed E-state index contributed by atoms with van der Waals surface area (Å²) in [5.41, 5.74) is -3.38. The van der Waals surface area contributed by atoms with Crippen LogP contribution in [0.1, 0.15) is 103 Å².